The number of hydrogen-bond donors (Lipinski definition) is 1. The fraction of sp³-hybridized carbons (Fsp3) is 0.417. The molecule has 170 valence electrons. The molecule has 1 N–H and O–H groups in total. The molecule has 0 aliphatic rings. The number of Topliss-reactive ketones (excluding diaryl/α,β-unsaturated/α-hetero) is 1. The van der Waals surface area contributed by atoms with Crippen molar-refractivity contribution in [1.29, 1.82) is 0 Å². The van der Waals surface area contributed by atoms with E-state index in [1.165, 1.54) is 11.8 Å². The van der Waals surface area contributed by atoms with Crippen LogP contribution in [-0.2, 0) is 11.3 Å². The minimum atomic E-state index is -0.486. The summed E-state index contributed by atoms with van der Waals surface area (Å²) < 4.78 is 7.51. The molecule has 1 atom stereocenters. The first kappa shape index (κ1) is 23.8. The van der Waals surface area contributed by atoms with E-state index in [2.05, 4.69) is 29.4 Å². The number of carbonyl (C=O) groups is 2. The van der Waals surface area contributed by atoms with Gasteiger partial charge in [-0.15, -0.1) is 10.2 Å². The molecule has 1 aromatic carbocycles. The highest BCUT2D eigenvalue weighted by Gasteiger charge is 2.24. The summed E-state index contributed by atoms with van der Waals surface area (Å²) in [5, 5.41) is 11.8. The van der Waals surface area contributed by atoms with Crippen molar-refractivity contribution >= 4 is 29.1 Å². The van der Waals surface area contributed by atoms with Crippen LogP contribution in [0.15, 0.2) is 52.2 Å². The monoisotopic (exact) mass is 454 g/mol. The standard InChI is InChI=1S/C24H30N4O3S/c1-15(2)14-28-21(19-8-7-13-31-19)26-27-23(28)32-16(3)20(29)17-9-11-18(12-10-17)25-22(30)24(4,5)6/h7-13,15-16H,14H2,1-6H3,(H,25,30). The van der Waals surface area contributed by atoms with Gasteiger partial charge in [0.15, 0.2) is 22.5 Å². The molecule has 3 rings (SSSR count). The van der Waals surface area contributed by atoms with Crippen molar-refractivity contribution in [2.24, 2.45) is 11.3 Å². The lowest BCUT2D eigenvalue weighted by molar-refractivity contribution is -0.123. The number of carbonyl (C=O) groups excluding carboxylic acids is 2. The number of rotatable bonds is 8. The van der Waals surface area contributed by atoms with Crippen molar-refractivity contribution in [3.63, 3.8) is 0 Å². The Morgan fingerprint density at radius 3 is 2.34 bits per heavy atom. The lowest BCUT2D eigenvalue weighted by Crippen LogP contribution is -2.27. The van der Waals surface area contributed by atoms with Crippen LogP contribution in [0, 0.1) is 11.3 Å². The summed E-state index contributed by atoms with van der Waals surface area (Å²) in [4.78, 5) is 25.2. The van der Waals surface area contributed by atoms with Crippen LogP contribution in [0.5, 0.6) is 0 Å². The molecule has 32 heavy (non-hydrogen) atoms. The molecule has 1 amide bonds. The third-order valence-electron chi connectivity index (χ3n) is 4.77. The third kappa shape index (κ3) is 5.68. The SMILES string of the molecule is CC(C)Cn1c(SC(C)C(=O)c2ccc(NC(=O)C(C)(C)C)cc2)nnc1-c1ccco1. The first-order valence-corrected chi connectivity index (χ1v) is 11.5. The zero-order valence-electron chi connectivity index (χ0n) is 19.4. The maximum Gasteiger partial charge on any atom is 0.229 e. The van der Waals surface area contributed by atoms with Gasteiger partial charge >= 0.3 is 0 Å². The lowest BCUT2D eigenvalue weighted by Gasteiger charge is -2.18. The quantitative estimate of drug-likeness (QED) is 0.355. The van der Waals surface area contributed by atoms with Gasteiger partial charge in [-0.25, -0.2) is 0 Å². The number of benzene rings is 1. The minimum absolute atomic E-state index is 0.0117. The first-order valence-electron chi connectivity index (χ1n) is 10.7. The van der Waals surface area contributed by atoms with E-state index in [1.54, 1.807) is 30.5 Å². The fourth-order valence-electron chi connectivity index (χ4n) is 2.98. The Labute approximate surface area is 193 Å². The summed E-state index contributed by atoms with van der Waals surface area (Å²) in [7, 11) is 0. The van der Waals surface area contributed by atoms with Crippen LogP contribution in [0.25, 0.3) is 11.6 Å². The van der Waals surface area contributed by atoms with E-state index in [0.29, 0.717) is 40.5 Å². The van der Waals surface area contributed by atoms with Gasteiger partial charge in [0, 0.05) is 23.2 Å². The van der Waals surface area contributed by atoms with Crippen molar-refractivity contribution in [2.45, 2.75) is 58.5 Å². The second-order valence-corrected chi connectivity index (χ2v) is 10.5. The van der Waals surface area contributed by atoms with Crippen LogP contribution >= 0.6 is 11.8 Å². The molecule has 0 spiro atoms. The Kier molecular flexibility index (Phi) is 7.23. The number of anilines is 1. The van der Waals surface area contributed by atoms with Crippen LogP contribution in [0.1, 0.15) is 51.9 Å². The molecule has 2 aromatic heterocycles. The molecule has 0 radical (unpaired) electrons. The van der Waals surface area contributed by atoms with Crippen LogP contribution < -0.4 is 5.32 Å². The third-order valence-corrected chi connectivity index (χ3v) is 5.85. The number of hydrogen-bond acceptors (Lipinski definition) is 6. The van der Waals surface area contributed by atoms with E-state index in [1.807, 2.05) is 44.4 Å². The predicted molar refractivity (Wildman–Crippen MR) is 127 cm³/mol. The number of aromatic nitrogens is 3. The lowest BCUT2D eigenvalue weighted by atomic mass is 9.95. The average molecular weight is 455 g/mol. The van der Waals surface area contributed by atoms with Crippen molar-refractivity contribution in [1.82, 2.24) is 14.8 Å². The highest BCUT2D eigenvalue weighted by Crippen LogP contribution is 2.29. The number of nitrogens with one attached hydrogen (secondary N) is 1. The van der Waals surface area contributed by atoms with Crippen molar-refractivity contribution in [2.75, 3.05) is 5.32 Å². The van der Waals surface area contributed by atoms with Crippen molar-refractivity contribution in [3.05, 3.63) is 48.2 Å². The van der Waals surface area contributed by atoms with Gasteiger partial charge in [0.25, 0.3) is 0 Å². The van der Waals surface area contributed by atoms with Gasteiger partial charge in [0.1, 0.15) is 0 Å². The van der Waals surface area contributed by atoms with E-state index in [-0.39, 0.29) is 16.9 Å². The van der Waals surface area contributed by atoms with Gasteiger partial charge < -0.3 is 9.73 Å². The molecule has 0 saturated heterocycles. The number of ketones is 1. The van der Waals surface area contributed by atoms with Gasteiger partial charge in [-0.2, -0.15) is 0 Å². The number of furan rings is 1. The number of thioether (sulfide) groups is 1. The summed E-state index contributed by atoms with van der Waals surface area (Å²) in [5.41, 5.74) is 0.765. The van der Waals surface area contributed by atoms with Crippen LogP contribution in [-0.4, -0.2) is 31.7 Å². The molecule has 2 heterocycles. The van der Waals surface area contributed by atoms with Gasteiger partial charge in [0.2, 0.25) is 5.91 Å². The van der Waals surface area contributed by atoms with E-state index < -0.39 is 5.41 Å². The van der Waals surface area contributed by atoms with Crippen molar-refractivity contribution < 1.29 is 14.0 Å². The van der Waals surface area contributed by atoms with Gasteiger partial charge in [-0.1, -0.05) is 46.4 Å². The predicted octanol–water partition coefficient (Wildman–Crippen LogP) is 5.54. The summed E-state index contributed by atoms with van der Waals surface area (Å²) >= 11 is 1.38. The van der Waals surface area contributed by atoms with Gasteiger partial charge in [-0.05, 0) is 49.2 Å². The first-order chi connectivity index (χ1) is 15.1. The summed E-state index contributed by atoms with van der Waals surface area (Å²) in [6.07, 6.45) is 1.61. The molecule has 7 nitrogen and oxygen atoms in total. The summed E-state index contributed by atoms with van der Waals surface area (Å²) in [5.74, 6) is 1.60. The van der Waals surface area contributed by atoms with Crippen LogP contribution in [0.4, 0.5) is 5.69 Å². The van der Waals surface area contributed by atoms with Crippen LogP contribution in [0.3, 0.4) is 0 Å². The molecular weight excluding hydrogens is 424 g/mol. The Hall–Kier alpha value is -2.87. The van der Waals surface area contributed by atoms with E-state index >= 15 is 0 Å². The normalized spacial score (nSPS) is 12.7. The zero-order valence-corrected chi connectivity index (χ0v) is 20.2. The fourth-order valence-corrected chi connectivity index (χ4v) is 3.91. The topological polar surface area (TPSA) is 90.0 Å². The molecule has 0 saturated carbocycles. The number of amides is 1. The number of nitrogens with zero attached hydrogens (tertiary/aromatic N) is 3. The second kappa shape index (κ2) is 9.73. The van der Waals surface area contributed by atoms with Gasteiger partial charge in [-0.3, -0.25) is 14.2 Å². The minimum Gasteiger partial charge on any atom is -0.461 e. The Bertz CT molecular complexity index is 1060. The maximum absolute atomic E-state index is 13.0. The Balaban J connectivity index is 1.74. The highest BCUT2D eigenvalue weighted by atomic mass is 32.2. The summed E-state index contributed by atoms with van der Waals surface area (Å²) in [6, 6.07) is 10.7. The molecule has 0 aliphatic heterocycles. The summed E-state index contributed by atoms with van der Waals surface area (Å²) in [6.45, 7) is 12.4. The molecule has 0 aliphatic carbocycles. The molecule has 0 fully saturated rings. The van der Waals surface area contributed by atoms with Crippen LogP contribution in [0.2, 0.25) is 0 Å². The van der Waals surface area contributed by atoms with Gasteiger partial charge in [0.05, 0.1) is 11.5 Å². The van der Waals surface area contributed by atoms with E-state index in [4.69, 9.17) is 4.42 Å². The largest absolute Gasteiger partial charge is 0.461 e. The Morgan fingerprint density at radius 2 is 1.78 bits per heavy atom. The smallest absolute Gasteiger partial charge is 0.229 e. The van der Waals surface area contributed by atoms with Crippen molar-refractivity contribution in [3.8, 4) is 11.6 Å². The molecule has 1 unspecified atom stereocenters. The zero-order chi connectivity index (χ0) is 23.5. The molecule has 8 heteroatoms. The maximum atomic E-state index is 13.0. The molecular formula is C24H30N4O3S. The average Bonchev–Trinajstić information content (AvgIpc) is 3.37. The van der Waals surface area contributed by atoms with E-state index in [0.717, 1.165) is 0 Å². The van der Waals surface area contributed by atoms with E-state index in [9.17, 15) is 9.59 Å². The Morgan fingerprint density at radius 1 is 1.09 bits per heavy atom. The molecule has 3 aromatic rings. The molecule has 0 bridgehead atoms. The highest BCUT2D eigenvalue weighted by molar-refractivity contribution is 8.00. The second-order valence-electron chi connectivity index (χ2n) is 9.19.